The molecule has 0 aliphatic heterocycles. The molecule has 96 valence electrons. The summed E-state index contributed by atoms with van der Waals surface area (Å²) in [6.07, 6.45) is 5.03. The van der Waals surface area contributed by atoms with Crippen LogP contribution in [0.15, 0.2) is 42.7 Å². The van der Waals surface area contributed by atoms with E-state index >= 15 is 0 Å². The normalized spacial score (nSPS) is 11.1. The first-order chi connectivity index (χ1) is 8.79. The Bertz CT molecular complexity index is 464. The van der Waals surface area contributed by atoms with Crippen LogP contribution in [0.25, 0.3) is 5.69 Å². The van der Waals surface area contributed by atoms with E-state index in [1.54, 1.807) is 0 Å². The van der Waals surface area contributed by atoms with Crippen LogP contribution in [-0.4, -0.2) is 34.8 Å². The van der Waals surface area contributed by atoms with Gasteiger partial charge in [-0.25, -0.2) is 4.68 Å². The van der Waals surface area contributed by atoms with Gasteiger partial charge in [0.05, 0.1) is 11.9 Å². The summed E-state index contributed by atoms with van der Waals surface area (Å²) in [6, 6.07) is 10.1. The Morgan fingerprint density at radius 1 is 1.28 bits per heavy atom. The Kier molecular flexibility index (Phi) is 4.50. The van der Waals surface area contributed by atoms with Crippen molar-refractivity contribution < 1.29 is 0 Å². The fourth-order valence-corrected chi connectivity index (χ4v) is 1.92. The van der Waals surface area contributed by atoms with E-state index in [4.69, 9.17) is 5.73 Å². The molecule has 18 heavy (non-hydrogen) atoms. The first-order valence-electron chi connectivity index (χ1n) is 6.27. The molecule has 0 atom stereocenters. The van der Waals surface area contributed by atoms with Gasteiger partial charge in [-0.1, -0.05) is 18.2 Å². The largest absolute Gasteiger partial charge is 0.330 e. The van der Waals surface area contributed by atoms with Crippen molar-refractivity contribution in [2.24, 2.45) is 5.73 Å². The van der Waals surface area contributed by atoms with Gasteiger partial charge < -0.3 is 10.6 Å². The minimum absolute atomic E-state index is 0.744. The molecule has 0 spiro atoms. The molecule has 0 saturated heterocycles. The third-order valence-electron chi connectivity index (χ3n) is 2.85. The number of nitrogens with two attached hydrogens (primary N) is 1. The van der Waals surface area contributed by atoms with E-state index in [2.05, 4.69) is 35.4 Å². The van der Waals surface area contributed by atoms with Gasteiger partial charge >= 0.3 is 0 Å². The molecule has 2 rings (SSSR count). The van der Waals surface area contributed by atoms with E-state index in [1.165, 1.54) is 5.56 Å². The van der Waals surface area contributed by atoms with Crippen LogP contribution in [-0.2, 0) is 6.54 Å². The fraction of sp³-hybridized carbons (Fsp3) is 0.357. The number of hydrogen-bond acceptors (Lipinski definition) is 3. The quantitative estimate of drug-likeness (QED) is 0.840. The summed E-state index contributed by atoms with van der Waals surface area (Å²) in [7, 11) is 2.11. The molecule has 1 aromatic heterocycles. The van der Waals surface area contributed by atoms with Crippen molar-refractivity contribution in [2.75, 3.05) is 20.1 Å². The zero-order chi connectivity index (χ0) is 12.8. The van der Waals surface area contributed by atoms with E-state index in [1.807, 2.05) is 29.1 Å². The molecule has 0 aliphatic carbocycles. The summed E-state index contributed by atoms with van der Waals surface area (Å²) in [4.78, 5) is 2.26. The van der Waals surface area contributed by atoms with Gasteiger partial charge in [0, 0.05) is 18.3 Å². The number of rotatable bonds is 6. The molecule has 0 aliphatic rings. The van der Waals surface area contributed by atoms with E-state index < -0.39 is 0 Å². The molecule has 0 radical (unpaired) electrons. The van der Waals surface area contributed by atoms with Gasteiger partial charge in [0.1, 0.15) is 0 Å². The monoisotopic (exact) mass is 244 g/mol. The van der Waals surface area contributed by atoms with Gasteiger partial charge in [-0.3, -0.25) is 0 Å². The highest BCUT2D eigenvalue weighted by atomic mass is 15.3. The van der Waals surface area contributed by atoms with Crippen molar-refractivity contribution >= 4 is 0 Å². The van der Waals surface area contributed by atoms with Gasteiger partial charge in [-0.05, 0) is 38.7 Å². The number of para-hydroxylation sites is 1. The minimum atomic E-state index is 0.744. The highest BCUT2D eigenvalue weighted by Gasteiger charge is 2.03. The van der Waals surface area contributed by atoms with Crippen molar-refractivity contribution in [3.8, 4) is 5.69 Å². The Hall–Kier alpha value is -1.65. The van der Waals surface area contributed by atoms with Gasteiger partial charge in [0.2, 0.25) is 0 Å². The lowest BCUT2D eigenvalue weighted by Gasteiger charge is -2.14. The summed E-state index contributed by atoms with van der Waals surface area (Å²) in [6.45, 7) is 2.67. The third kappa shape index (κ3) is 3.42. The van der Waals surface area contributed by atoms with Crippen molar-refractivity contribution in [1.29, 1.82) is 0 Å². The van der Waals surface area contributed by atoms with Crippen LogP contribution >= 0.6 is 0 Å². The van der Waals surface area contributed by atoms with Crippen LogP contribution in [0.5, 0.6) is 0 Å². The minimum Gasteiger partial charge on any atom is -0.330 e. The highest BCUT2D eigenvalue weighted by Crippen LogP contribution is 2.09. The first kappa shape index (κ1) is 12.8. The predicted molar refractivity (Wildman–Crippen MR) is 73.6 cm³/mol. The van der Waals surface area contributed by atoms with Gasteiger partial charge in [-0.15, -0.1) is 0 Å². The second-order valence-electron chi connectivity index (χ2n) is 4.51. The smallest absolute Gasteiger partial charge is 0.0645 e. The summed E-state index contributed by atoms with van der Waals surface area (Å²) in [5.74, 6) is 0. The molecule has 0 bridgehead atoms. The maximum Gasteiger partial charge on any atom is 0.0645 e. The molecular formula is C14H20N4. The SMILES string of the molecule is CN(CCCN)Cc1cnn(-c2ccccc2)c1. The van der Waals surface area contributed by atoms with E-state index in [-0.39, 0.29) is 0 Å². The van der Waals surface area contributed by atoms with Crippen LogP contribution in [0, 0.1) is 0 Å². The zero-order valence-corrected chi connectivity index (χ0v) is 10.8. The summed E-state index contributed by atoms with van der Waals surface area (Å²) in [5, 5.41) is 4.39. The Balaban J connectivity index is 1.98. The molecule has 1 heterocycles. The molecule has 0 fully saturated rings. The lowest BCUT2D eigenvalue weighted by atomic mass is 10.3. The highest BCUT2D eigenvalue weighted by molar-refractivity contribution is 5.30. The topological polar surface area (TPSA) is 47.1 Å². The molecular weight excluding hydrogens is 224 g/mol. The zero-order valence-electron chi connectivity index (χ0n) is 10.8. The van der Waals surface area contributed by atoms with Crippen molar-refractivity contribution in [1.82, 2.24) is 14.7 Å². The third-order valence-corrected chi connectivity index (χ3v) is 2.85. The predicted octanol–water partition coefficient (Wildman–Crippen LogP) is 1.65. The molecule has 4 heteroatoms. The van der Waals surface area contributed by atoms with E-state index in [0.717, 1.165) is 31.7 Å². The summed E-state index contributed by atoms with van der Waals surface area (Å²) < 4.78 is 1.91. The average Bonchev–Trinajstić information content (AvgIpc) is 2.86. The van der Waals surface area contributed by atoms with Crippen LogP contribution in [0.3, 0.4) is 0 Å². The van der Waals surface area contributed by atoms with Gasteiger partial charge in [-0.2, -0.15) is 5.10 Å². The van der Waals surface area contributed by atoms with Crippen LogP contribution in [0.4, 0.5) is 0 Å². The molecule has 0 saturated carbocycles. The molecule has 4 nitrogen and oxygen atoms in total. The molecule has 1 aromatic carbocycles. The second-order valence-corrected chi connectivity index (χ2v) is 4.51. The fourth-order valence-electron chi connectivity index (χ4n) is 1.92. The second kappa shape index (κ2) is 6.33. The van der Waals surface area contributed by atoms with Crippen LogP contribution < -0.4 is 5.73 Å². The van der Waals surface area contributed by atoms with Crippen molar-refractivity contribution in [3.63, 3.8) is 0 Å². The Morgan fingerprint density at radius 2 is 2.06 bits per heavy atom. The maximum absolute atomic E-state index is 5.51. The molecule has 2 N–H and O–H groups in total. The van der Waals surface area contributed by atoms with Gasteiger partial charge in [0.15, 0.2) is 0 Å². The number of hydrogen-bond donors (Lipinski definition) is 1. The summed E-state index contributed by atoms with van der Waals surface area (Å²) >= 11 is 0. The Labute approximate surface area is 108 Å². The van der Waals surface area contributed by atoms with E-state index in [0.29, 0.717) is 0 Å². The first-order valence-corrected chi connectivity index (χ1v) is 6.27. The average molecular weight is 244 g/mol. The Morgan fingerprint density at radius 3 is 2.78 bits per heavy atom. The molecule has 0 amide bonds. The maximum atomic E-state index is 5.51. The van der Waals surface area contributed by atoms with Crippen molar-refractivity contribution in [2.45, 2.75) is 13.0 Å². The number of aromatic nitrogens is 2. The van der Waals surface area contributed by atoms with Gasteiger partial charge in [0.25, 0.3) is 0 Å². The molecule has 2 aromatic rings. The number of benzene rings is 1. The van der Waals surface area contributed by atoms with Crippen LogP contribution in [0.2, 0.25) is 0 Å². The lowest BCUT2D eigenvalue weighted by molar-refractivity contribution is 0.324. The summed E-state index contributed by atoms with van der Waals surface area (Å²) in [5.41, 5.74) is 7.82. The standard InChI is InChI=1S/C14H20N4/c1-17(9-5-8-15)11-13-10-16-18(12-13)14-6-3-2-4-7-14/h2-4,6-7,10,12H,5,8-9,11,15H2,1H3. The lowest BCUT2D eigenvalue weighted by Crippen LogP contribution is -2.21. The van der Waals surface area contributed by atoms with Crippen molar-refractivity contribution in [3.05, 3.63) is 48.3 Å². The van der Waals surface area contributed by atoms with E-state index in [9.17, 15) is 0 Å². The number of nitrogens with zero attached hydrogens (tertiary/aromatic N) is 3. The van der Waals surface area contributed by atoms with Crippen LogP contribution in [0.1, 0.15) is 12.0 Å². The molecule has 0 unspecified atom stereocenters.